The van der Waals surface area contributed by atoms with Crippen molar-refractivity contribution in [3.63, 3.8) is 0 Å². The number of phenols is 1. The molecule has 1 aromatic rings. The van der Waals surface area contributed by atoms with Gasteiger partial charge in [0.15, 0.2) is 0 Å². The summed E-state index contributed by atoms with van der Waals surface area (Å²) in [6.45, 7) is 3.87. The monoisotopic (exact) mass is 267 g/mol. The molecule has 0 aliphatic carbocycles. The van der Waals surface area contributed by atoms with Crippen molar-refractivity contribution in [1.82, 2.24) is 10.2 Å². The van der Waals surface area contributed by atoms with E-state index in [-0.39, 0.29) is 17.0 Å². The van der Waals surface area contributed by atoms with E-state index in [2.05, 4.69) is 5.32 Å². The van der Waals surface area contributed by atoms with Crippen LogP contribution in [-0.2, 0) is 0 Å². The zero-order valence-corrected chi connectivity index (χ0v) is 10.9. The fraction of sp³-hybridized carbons (Fsp3) is 0.417. The maximum absolute atomic E-state index is 11.8. The third-order valence-electron chi connectivity index (χ3n) is 2.74. The van der Waals surface area contributed by atoms with Crippen molar-refractivity contribution in [1.29, 1.82) is 0 Å². The van der Waals surface area contributed by atoms with E-state index < -0.39 is 10.8 Å². The zero-order chi connectivity index (χ0) is 14.4. The Morgan fingerprint density at radius 2 is 2.21 bits per heavy atom. The van der Waals surface area contributed by atoms with Crippen LogP contribution in [0.3, 0.4) is 0 Å². The molecule has 0 aliphatic heterocycles. The van der Waals surface area contributed by atoms with Crippen molar-refractivity contribution in [2.24, 2.45) is 0 Å². The van der Waals surface area contributed by atoms with Gasteiger partial charge in [0.1, 0.15) is 11.3 Å². The van der Waals surface area contributed by atoms with Gasteiger partial charge >= 0.3 is 0 Å². The molecule has 1 rings (SSSR count). The molecule has 0 spiro atoms. The number of nitro benzene ring substituents is 1. The number of rotatable bonds is 6. The molecule has 0 aromatic heterocycles. The molecule has 1 aromatic carbocycles. The molecule has 2 N–H and O–H groups in total. The Morgan fingerprint density at radius 3 is 2.79 bits per heavy atom. The van der Waals surface area contributed by atoms with Crippen LogP contribution in [-0.4, -0.2) is 47.5 Å². The molecule has 0 bridgehead atoms. The quantitative estimate of drug-likeness (QED) is 0.591. The molecule has 104 valence electrons. The molecule has 7 nitrogen and oxygen atoms in total. The van der Waals surface area contributed by atoms with Crippen LogP contribution >= 0.6 is 0 Å². The van der Waals surface area contributed by atoms with Gasteiger partial charge in [-0.1, -0.05) is 6.92 Å². The normalized spacial score (nSPS) is 10.5. The van der Waals surface area contributed by atoms with Gasteiger partial charge in [-0.05, 0) is 25.7 Å². The summed E-state index contributed by atoms with van der Waals surface area (Å²) in [5, 5.41) is 22.7. The number of benzene rings is 1. The number of amides is 1. The summed E-state index contributed by atoms with van der Waals surface area (Å²) in [4.78, 5) is 24.0. The first-order valence-electron chi connectivity index (χ1n) is 5.89. The first kappa shape index (κ1) is 14.9. The highest BCUT2D eigenvalue weighted by Gasteiger charge is 2.20. The summed E-state index contributed by atoms with van der Waals surface area (Å²) in [5.41, 5.74) is -0.455. The number of hydrogen-bond donors (Lipinski definition) is 2. The van der Waals surface area contributed by atoms with Gasteiger partial charge < -0.3 is 15.3 Å². The summed E-state index contributed by atoms with van der Waals surface area (Å²) in [5.74, 6) is -0.742. The Labute approximate surface area is 111 Å². The van der Waals surface area contributed by atoms with Crippen molar-refractivity contribution in [2.75, 3.05) is 26.7 Å². The summed E-state index contributed by atoms with van der Waals surface area (Å²) in [6, 6.07) is 3.39. The maximum atomic E-state index is 11.8. The van der Waals surface area contributed by atoms with Crippen LogP contribution in [0.1, 0.15) is 17.3 Å². The van der Waals surface area contributed by atoms with E-state index in [1.54, 1.807) is 0 Å². The second-order valence-corrected chi connectivity index (χ2v) is 4.11. The topological polar surface area (TPSA) is 95.7 Å². The van der Waals surface area contributed by atoms with Crippen LogP contribution in [0, 0.1) is 10.1 Å². The molecule has 0 saturated heterocycles. The van der Waals surface area contributed by atoms with Crippen LogP contribution in [0.5, 0.6) is 5.75 Å². The lowest BCUT2D eigenvalue weighted by atomic mass is 10.1. The van der Waals surface area contributed by atoms with E-state index >= 15 is 0 Å². The highest BCUT2D eigenvalue weighted by Crippen LogP contribution is 2.22. The predicted molar refractivity (Wildman–Crippen MR) is 70.3 cm³/mol. The third kappa shape index (κ3) is 4.22. The number of carbonyl (C=O) groups excluding carboxylic acids is 1. The number of hydrogen-bond acceptors (Lipinski definition) is 5. The largest absolute Gasteiger partial charge is 0.508 e. The fourth-order valence-corrected chi connectivity index (χ4v) is 1.48. The van der Waals surface area contributed by atoms with Gasteiger partial charge in [-0.2, -0.15) is 0 Å². The SMILES string of the molecule is CCN(C)CCNC(=O)c1cc(O)ccc1[N+](=O)[O-]. The molecular weight excluding hydrogens is 250 g/mol. The minimum atomic E-state index is -0.646. The molecular formula is C12H17N3O4. The Bertz CT molecular complexity index is 476. The molecule has 0 heterocycles. The Kier molecular flexibility index (Phi) is 5.25. The van der Waals surface area contributed by atoms with Gasteiger partial charge in [-0.15, -0.1) is 0 Å². The second-order valence-electron chi connectivity index (χ2n) is 4.11. The van der Waals surface area contributed by atoms with Gasteiger partial charge in [0.25, 0.3) is 11.6 Å². The zero-order valence-electron chi connectivity index (χ0n) is 10.9. The minimum absolute atomic E-state index is 0.135. The Balaban J connectivity index is 2.76. The average Bonchev–Trinajstić information content (AvgIpc) is 2.37. The first-order chi connectivity index (χ1) is 8.95. The van der Waals surface area contributed by atoms with Crippen LogP contribution in [0.15, 0.2) is 18.2 Å². The minimum Gasteiger partial charge on any atom is -0.508 e. The van der Waals surface area contributed by atoms with E-state index in [1.165, 1.54) is 6.07 Å². The fourth-order valence-electron chi connectivity index (χ4n) is 1.48. The van der Waals surface area contributed by atoms with Crippen molar-refractivity contribution in [3.05, 3.63) is 33.9 Å². The second kappa shape index (κ2) is 6.69. The lowest BCUT2D eigenvalue weighted by molar-refractivity contribution is -0.385. The number of nitrogens with one attached hydrogen (secondary N) is 1. The molecule has 7 heteroatoms. The highest BCUT2D eigenvalue weighted by atomic mass is 16.6. The van der Waals surface area contributed by atoms with Gasteiger partial charge in [-0.3, -0.25) is 14.9 Å². The van der Waals surface area contributed by atoms with Crippen molar-refractivity contribution < 1.29 is 14.8 Å². The smallest absolute Gasteiger partial charge is 0.282 e. The van der Waals surface area contributed by atoms with Crippen molar-refractivity contribution in [2.45, 2.75) is 6.92 Å². The Hall–Kier alpha value is -2.15. The standard InChI is InChI=1S/C12H17N3O4/c1-3-14(2)7-6-13-12(17)10-8-9(16)4-5-11(10)15(18)19/h4-5,8,16H,3,6-7H2,1-2H3,(H,13,17). The van der Waals surface area contributed by atoms with Gasteiger partial charge in [-0.25, -0.2) is 0 Å². The number of phenolic OH excluding ortho intramolecular Hbond substituents is 1. The van der Waals surface area contributed by atoms with E-state index in [1.807, 2.05) is 18.9 Å². The molecule has 0 radical (unpaired) electrons. The number of nitrogens with zero attached hydrogens (tertiary/aromatic N) is 2. The highest BCUT2D eigenvalue weighted by molar-refractivity contribution is 5.98. The summed E-state index contributed by atoms with van der Waals surface area (Å²) in [6.07, 6.45) is 0. The molecule has 0 aliphatic rings. The lowest BCUT2D eigenvalue weighted by Gasteiger charge is -2.14. The molecule has 0 saturated carbocycles. The Morgan fingerprint density at radius 1 is 1.53 bits per heavy atom. The average molecular weight is 267 g/mol. The van der Waals surface area contributed by atoms with E-state index in [4.69, 9.17) is 0 Å². The lowest BCUT2D eigenvalue weighted by Crippen LogP contribution is -2.33. The number of likely N-dealkylation sites (N-methyl/N-ethyl adjacent to an activating group) is 1. The van der Waals surface area contributed by atoms with E-state index in [9.17, 15) is 20.0 Å². The van der Waals surface area contributed by atoms with E-state index in [0.717, 1.165) is 18.7 Å². The maximum Gasteiger partial charge on any atom is 0.282 e. The van der Waals surface area contributed by atoms with Crippen molar-refractivity contribution >= 4 is 11.6 Å². The van der Waals surface area contributed by atoms with Crippen molar-refractivity contribution in [3.8, 4) is 5.75 Å². The van der Waals surface area contributed by atoms with Crippen LogP contribution in [0.25, 0.3) is 0 Å². The predicted octanol–water partition coefficient (Wildman–Crippen LogP) is 0.982. The van der Waals surface area contributed by atoms with Gasteiger partial charge in [0.2, 0.25) is 0 Å². The van der Waals surface area contributed by atoms with Crippen LogP contribution in [0.4, 0.5) is 5.69 Å². The molecule has 1 amide bonds. The molecule has 0 atom stereocenters. The van der Waals surface area contributed by atoms with Crippen LogP contribution < -0.4 is 5.32 Å². The number of aromatic hydroxyl groups is 1. The van der Waals surface area contributed by atoms with Gasteiger partial charge in [0.05, 0.1) is 4.92 Å². The summed E-state index contributed by atoms with van der Waals surface area (Å²) in [7, 11) is 1.91. The summed E-state index contributed by atoms with van der Waals surface area (Å²) < 4.78 is 0. The molecule has 19 heavy (non-hydrogen) atoms. The number of carbonyl (C=O) groups is 1. The third-order valence-corrected chi connectivity index (χ3v) is 2.74. The first-order valence-corrected chi connectivity index (χ1v) is 5.89. The summed E-state index contributed by atoms with van der Waals surface area (Å²) >= 11 is 0. The number of nitro groups is 1. The van der Waals surface area contributed by atoms with Crippen LogP contribution in [0.2, 0.25) is 0 Å². The van der Waals surface area contributed by atoms with Gasteiger partial charge in [0, 0.05) is 19.2 Å². The molecule has 0 fully saturated rings. The van der Waals surface area contributed by atoms with E-state index in [0.29, 0.717) is 13.1 Å². The molecule has 0 unspecified atom stereocenters.